The van der Waals surface area contributed by atoms with Crippen molar-refractivity contribution in [2.45, 2.75) is 13.8 Å². The number of benzene rings is 2. The second-order valence-corrected chi connectivity index (χ2v) is 7.05. The first kappa shape index (κ1) is 20.3. The van der Waals surface area contributed by atoms with Crippen LogP contribution in [0.3, 0.4) is 0 Å². The molecule has 29 heavy (non-hydrogen) atoms. The summed E-state index contributed by atoms with van der Waals surface area (Å²) in [5.74, 6) is 0.785. The molecule has 0 spiro atoms. The van der Waals surface area contributed by atoms with Gasteiger partial charge in [-0.25, -0.2) is 9.78 Å². The lowest BCUT2D eigenvalue weighted by atomic mass is 10.1. The molecule has 0 atom stereocenters. The third-order valence-corrected chi connectivity index (χ3v) is 4.81. The molecule has 2 N–H and O–H groups in total. The maximum atomic E-state index is 11.9. The normalized spacial score (nSPS) is 10.7. The fourth-order valence-corrected chi connectivity index (χ4v) is 3.29. The van der Waals surface area contributed by atoms with E-state index >= 15 is 0 Å². The van der Waals surface area contributed by atoms with E-state index in [0.717, 1.165) is 22.4 Å². The zero-order valence-electron chi connectivity index (χ0n) is 16.4. The molecule has 0 saturated heterocycles. The highest BCUT2D eigenvalue weighted by molar-refractivity contribution is 7.20. The maximum absolute atomic E-state index is 11.9. The van der Waals surface area contributed by atoms with Crippen molar-refractivity contribution in [3.63, 3.8) is 0 Å². The SMILES string of the molecule is CCOC(=O)Nc1sc(N/N=C/c2ccc(OC)cc2)nc1-c1ccc(C)cc1. The van der Waals surface area contributed by atoms with E-state index in [1.54, 1.807) is 20.2 Å². The molecule has 0 aliphatic heterocycles. The predicted octanol–water partition coefficient (Wildman–Crippen LogP) is 5.14. The minimum absolute atomic E-state index is 0.293. The molecule has 1 amide bonds. The first-order valence-electron chi connectivity index (χ1n) is 9.04. The topological polar surface area (TPSA) is 84.8 Å². The van der Waals surface area contributed by atoms with Crippen molar-refractivity contribution in [1.82, 2.24) is 4.98 Å². The van der Waals surface area contributed by atoms with Crippen molar-refractivity contribution in [3.8, 4) is 17.0 Å². The molecule has 3 rings (SSSR count). The van der Waals surface area contributed by atoms with Crippen molar-refractivity contribution in [3.05, 3.63) is 59.7 Å². The van der Waals surface area contributed by atoms with Gasteiger partial charge in [-0.2, -0.15) is 5.10 Å². The maximum Gasteiger partial charge on any atom is 0.412 e. The van der Waals surface area contributed by atoms with Crippen molar-refractivity contribution < 1.29 is 14.3 Å². The minimum Gasteiger partial charge on any atom is -0.497 e. The van der Waals surface area contributed by atoms with Gasteiger partial charge in [0.25, 0.3) is 0 Å². The second-order valence-electron chi connectivity index (χ2n) is 6.05. The van der Waals surface area contributed by atoms with Gasteiger partial charge in [-0.15, -0.1) is 0 Å². The first-order chi connectivity index (χ1) is 14.1. The molecular formula is C21H22N4O3S. The highest BCUT2D eigenvalue weighted by Gasteiger charge is 2.16. The Bertz CT molecular complexity index is 982. The van der Waals surface area contributed by atoms with E-state index < -0.39 is 6.09 Å². The Hall–Kier alpha value is -3.39. The van der Waals surface area contributed by atoms with E-state index in [0.29, 0.717) is 22.4 Å². The van der Waals surface area contributed by atoms with Crippen LogP contribution >= 0.6 is 11.3 Å². The predicted molar refractivity (Wildman–Crippen MR) is 117 cm³/mol. The first-order valence-corrected chi connectivity index (χ1v) is 9.85. The van der Waals surface area contributed by atoms with E-state index in [1.165, 1.54) is 11.3 Å². The number of hydrogen-bond acceptors (Lipinski definition) is 7. The van der Waals surface area contributed by atoms with Crippen LogP contribution in [0.25, 0.3) is 11.3 Å². The largest absolute Gasteiger partial charge is 0.497 e. The van der Waals surface area contributed by atoms with Crippen molar-refractivity contribution in [1.29, 1.82) is 0 Å². The Morgan fingerprint density at radius 2 is 1.90 bits per heavy atom. The molecule has 0 aliphatic carbocycles. The van der Waals surface area contributed by atoms with E-state index in [9.17, 15) is 4.79 Å². The van der Waals surface area contributed by atoms with Gasteiger partial charge in [-0.1, -0.05) is 41.2 Å². The van der Waals surface area contributed by atoms with Gasteiger partial charge in [0.05, 0.1) is 19.9 Å². The van der Waals surface area contributed by atoms with Crippen LogP contribution in [0.2, 0.25) is 0 Å². The van der Waals surface area contributed by atoms with E-state index in [1.807, 2.05) is 55.5 Å². The molecule has 8 heteroatoms. The number of nitrogens with one attached hydrogen (secondary N) is 2. The molecule has 1 aromatic heterocycles. The minimum atomic E-state index is -0.516. The Labute approximate surface area is 173 Å². The Morgan fingerprint density at radius 1 is 1.17 bits per heavy atom. The molecule has 2 aromatic carbocycles. The number of nitrogens with zero attached hydrogens (tertiary/aromatic N) is 2. The quantitative estimate of drug-likeness (QED) is 0.416. The van der Waals surface area contributed by atoms with Crippen molar-refractivity contribution >= 4 is 33.8 Å². The van der Waals surface area contributed by atoms with Gasteiger partial charge in [-0.05, 0) is 43.7 Å². The number of carbonyl (C=O) groups is 1. The van der Waals surface area contributed by atoms with Crippen LogP contribution in [0.4, 0.5) is 14.9 Å². The van der Waals surface area contributed by atoms with Gasteiger partial charge in [0, 0.05) is 5.56 Å². The van der Waals surface area contributed by atoms with Gasteiger partial charge in [0.15, 0.2) is 0 Å². The van der Waals surface area contributed by atoms with E-state index in [2.05, 4.69) is 20.8 Å². The van der Waals surface area contributed by atoms with Crippen LogP contribution in [-0.2, 0) is 4.74 Å². The summed E-state index contributed by atoms with van der Waals surface area (Å²) in [7, 11) is 1.63. The lowest BCUT2D eigenvalue weighted by Gasteiger charge is -2.05. The molecule has 3 aromatic rings. The number of rotatable bonds is 7. The summed E-state index contributed by atoms with van der Waals surface area (Å²) in [6.45, 7) is 4.07. The highest BCUT2D eigenvalue weighted by Crippen LogP contribution is 2.36. The molecule has 0 radical (unpaired) electrons. The smallest absolute Gasteiger partial charge is 0.412 e. The number of anilines is 2. The lowest BCUT2D eigenvalue weighted by Crippen LogP contribution is -2.12. The van der Waals surface area contributed by atoms with Crippen LogP contribution in [-0.4, -0.2) is 31.0 Å². The van der Waals surface area contributed by atoms with Crippen LogP contribution in [0.5, 0.6) is 5.75 Å². The number of amides is 1. The Morgan fingerprint density at radius 3 is 2.55 bits per heavy atom. The van der Waals surface area contributed by atoms with Crippen LogP contribution in [0, 0.1) is 6.92 Å². The second kappa shape index (κ2) is 9.70. The Balaban J connectivity index is 1.79. The molecule has 0 aliphatic rings. The number of carbonyl (C=O) groups excluding carboxylic acids is 1. The molecule has 0 unspecified atom stereocenters. The number of aromatic nitrogens is 1. The number of hydrazone groups is 1. The fourth-order valence-electron chi connectivity index (χ4n) is 2.47. The standard InChI is InChI=1S/C21H22N4O3S/c1-4-28-21(26)24-19-18(16-9-5-14(2)6-10-16)23-20(29-19)25-22-13-15-7-11-17(27-3)12-8-15/h5-13H,4H2,1-3H3,(H,23,25)(H,24,26)/b22-13+. The van der Waals surface area contributed by atoms with Gasteiger partial charge >= 0.3 is 6.09 Å². The molecule has 1 heterocycles. The summed E-state index contributed by atoms with van der Waals surface area (Å²) in [5, 5.41) is 8.13. The van der Waals surface area contributed by atoms with Crippen molar-refractivity contribution in [2.75, 3.05) is 24.5 Å². The average molecular weight is 410 g/mol. The van der Waals surface area contributed by atoms with Crippen molar-refractivity contribution in [2.24, 2.45) is 5.10 Å². The number of methoxy groups -OCH3 is 1. The molecular weight excluding hydrogens is 388 g/mol. The van der Waals surface area contributed by atoms with Gasteiger partial charge in [0.1, 0.15) is 16.4 Å². The van der Waals surface area contributed by atoms with E-state index in [-0.39, 0.29) is 0 Å². The number of aryl methyl sites for hydroxylation is 1. The van der Waals surface area contributed by atoms with Gasteiger partial charge in [0.2, 0.25) is 5.13 Å². The van der Waals surface area contributed by atoms with Gasteiger partial charge in [-0.3, -0.25) is 10.7 Å². The third kappa shape index (κ3) is 5.55. The van der Waals surface area contributed by atoms with Crippen LogP contribution < -0.4 is 15.5 Å². The number of ether oxygens (including phenoxy) is 2. The number of thiazole rings is 1. The average Bonchev–Trinajstić information content (AvgIpc) is 3.11. The Kier molecular flexibility index (Phi) is 6.80. The summed E-state index contributed by atoms with van der Waals surface area (Å²) >= 11 is 1.29. The van der Waals surface area contributed by atoms with Crippen LogP contribution in [0.15, 0.2) is 53.6 Å². The molecule has 7 nitrogen and oxygen atoms in total. The summed E-state index contributed by atoms with van der Waals surface area (Å²) in [6.07, 6.45) is 1.17. The summed E-state index contributed by atoms with van der Waals surface area (Å²) < 4.78 is 10.1. The monoisotopic (exact) mass is 410 g/mol. The highest BCUT2D eigenvalue weighted by atomic mass is 32.1. The molecule has 150 valence electrons. The molecule has 0 saturated carbocycles. The van der Waals surface area contributed by atoms with E-state index in [4.69, 9.17) is 9.47 Å². The lowest BCUT2D eigenvalue weighted by molar-refractivity contribution is 0.168. The summed E-state index contributed by atoms with van der Waals surface area (Å²) in [6, 6.07) is 15.4. The van der Waals surface area contributed by atoms with Gasteiger partial charge < -0.3 is 9.47 Å². The van der Waals surface area contributed by atoms with Crippen LogP contribution in [0.1, 0.15) is 18.1 Å². The molecule has 0 fully saturated rings. The fraction of sp³-hybridized carbons (Fsp3) is 0.190. The number of hydrogen-bond donors (Lipinski definition) is 2. The third-order valence-electron chi connectivity index (χ3n) is 3.93. The summed E-state index contributed by atoms with van der Waals surface area (Å²) in [4.78, 5) is 16.5. The zero-order chi connectivity index (χ0) is 20.6. The zero-order valence-corrected chi connectivity index (χ0v) is 17.2. The molecule has 0 bridgehead atoms. The summed E-state index contributed by atoms with van der Waals surface area (Å²) in [5.41, 5.74) is 6.53.